The first kappa shape index (κ1) is 15.7. The molecule has 0 fully saturated rings. The standard InChI is InChI=1S/C13H20N2O3S/c16-8-4-2-1-3-7-14-12(17)10-15-13(18)11-6-5-9-19-11/h5-6,9,16H,1-4,7-8,10H2,(H,14,17)(H,15,18). The van der Waals surface area contributed by atoms with Gasteiger partial charge in [-0.05, 0) is 24.3 Å². The van der Waals surface area contributed by atoms with Gasteiger partial charge in [-0.1, -0.05) is 18.9 Å². The van der Waals surface area contributed by atoms with Gasteiger partial charge in [0.15, 0.2) is 0 Å². The molecule has 0 bridgehead atoms. The molecule has 0 spiro atoms. The lowest BCUT2D eigenvalue weighted by atomic mass is 10.2. The zero-order valence-electron chi connectivity index (χ0n) is 10.9. The van der Waals surface area contributed by atoms with Crippen molar-refractivity contribution in [2.75, 3.05) is 19.7 Å². The van der Waals surface area contributed by atoms with Gasteiger partial charge in [0, 0.05) is 13.2 Å². The largest absolute Gasteiger partial charge is 0.396 e. The van der Waals surface area contributed by atoms with Crippen molar-refractivity contribution < 1.29 is 14.7 Å². The normalized spacial score (nSPS) is 10.2. The Morgan fingerprint density at radius 2 is 1.95 bits per heavy atom. The highest BCUT2D eigenvalue weighted by molar-refractivity contribution is 7.12. The minimum absolute atomic E-state index is 0.00731. The van der Waals surface area contributed by atoms with Crippen LogP contribution >= 0.6 is 11.3 Å². The highest BCUT2D eigenvalue weighted by Gasteiger charge is 2.07. The Kier molecular flexibility index (Phi) is 7.84. The molecule has 0 aliphatic rings. The van der Waals surface area contributed by atoms with E-state index in [1.54, 1.807) is 12.1 Å². The minimum Gasteiger partial charge on any atom is -0.396 e. The van der Waals surface area contributed by atoms with Gasteiger partial charge >= 0.3 is 0 Å². The van der Waals surface area contributed by atoms with Crippen molar-refractivity contribution in [1.82, 2.24) is 10.6 Å². The predicted octanol–water partition coefficient (Wildman–Crippen LogP) is 1.15. The predicted molar refractivity (Wildman–Crippen MR) is 75.2 cm³/mol. The lowest BCUT2D eigenvalue weighted by Crippen LogP contribution is -2.37. The fourth-order valence-corrected chi connectivity index (χ4v) is 2.18. The van der Waals surface area contributed by atoms with E-state index in [-0.39, 0.29) is 25.0 Å². The molecule has 6 heteroatoms. The van der Waals surface area contributed by atoms with E-state index in [0.717, 1.165) is 25.7 Å². The molecule has 1 aromatic heterocycles. The molecule has 0 saturated carbocycles. The molecule has 0 atom stereocenters. The summed E-state index contributed by atoms with van der Waals surface area (Å²) < 4.78 is 0. The number of thiophene rings is 1. The summed E-state index contributed by atoms with van der Waals surface area (Å²) in [7, 11) is 0. The van der Waals surface area contributed by atoms with Crippen molar-refractivity contribution in [3.8, 4) is 0 Å². The van der Waals surface area contributed by atoms with E-state index in [4.69, 9.17) is 5.11 Å². The molecule has 0 aliphatic carbocycles. The van der Waals surface area contributed by atoms with Crippen molar-refractivity contribution in [2.45, 2.75) is 25.7 Å². The van der Waals surface area contributed by atoms with Gasteiger partial charge in [0.25, 0.3) is 5.91 Å². The van der Waals surface area contributed by atoms with Crippen molar-refractivity contribution in [2.24, 2.45) is 0 Å². The Bertz CT molecular complexity index is 379. The highest BCUT2D eigenvalue weighted by Crippen LogP contribution is 2.07. The summed E-state index contributed by atoms with van der Waals surface area (Å²) in [5.41, 5.74) is 0. The van der Waals surface area contributed by atoms with E-state index in [1.165, 1.54) is 11.3 Å². The molecule has 1 heterocycles. The lowest BCUT2D eigenvalue weighted by molar-refractivity contribution is -0.120. The molecule has 0 saturated heterocycles. The zero-order chi connectivity index (χ0) is 13.9. The van der Waals surface area contributed by atoms with Gasteiger partial charge < -0.3 is 15.7 Å². The van der Waals surface area contributed by atoms with Gasteiger partial charge in [0.2, 0.25) is 5.91 Å². The van der Waals surface area contributed by atoms with Gasteiger partial charge in [-0.15, -0.1) is 11.3 Å². The first-order chi connectivity index (χ1) is 9.24. The Balaban J connectivity index is 2.03. The van der Waals surface area contributed by atoms with Crippen LogP contribution in [0.25, 0.3) is 0 Å². The Morgan fingerprint density at radius 1 is 1.16 bits per heavy atom. The number of aliphatic hydroxyl groups is 1. The Hall–Kier alpha value is -1.40. The lowest BCUT2D eigenvalue weighted by Gasteiger charge is -2.06. The summed E-state index contributed by atoms with van der Waals surface area (Å²) in [5.74, 6) is -0.389. The number of rotatable bonds is 9. The minimum atomic E-state index is -0.215. The third-order valence-corrected chi connectivity index (χ3v) is 3.43. The quantitative estimate of drug-likeness (QED) is 0.595. The van der Waals surface area contributed by atoms with E-state index >= 15 is 0 Å². The monoisotopic (exact) mass is 284 g/mol. The van der Waals surface area contributed by atoms with E-state index in [0.29, 0.717) is 11.4 Å². The number of aliphatic hydroxyl groups excluding tert-OH is 1. The number of carbonyl (C=O) groups excluding carboxylic acids is 2. The van der Waals surface area contributed by atoms with Gasteiger partial charge in [0.05, 0.1) is 11.4 Å². The molecule has 5 nitrogen and oxygen atoms in total. The summed E-state index contributed by atoms with van der Waals surface area (Å²) in [6, 6.07) is 3.52. The second-order valence-corrected chi connectivity index (χ2v) is 5.10. The second kappa shape index (κ2) is 9.52. The zero-order valence-corrected chi connectivity index (χ0v) is 11.7. The van der Waals surface area contributed by atoms with Crippen molar-refractivity contribution in [3.63, 3.8) is 0 Å². The van der Waals surface area contributed by atoms with Crippen LogP contribution in [-0.2, 0) is 4.79 Å². The SMILES string of the molecule is O=C(CNC(=O)c1cccs1)NCCCCCCO. The first-order valence-corrected chi connectivity index (χ1v) is 7.31. The average molecular weight is 284 g/mol. The number of unbranched alkanes of at least 4 members (excludes halogenated alkanes) is 3. The van der Waals surface area contributed by atoms with Crippen molar-refractivity contribution >= 4 is 23.2 Å². The van der Waals surface area contributed by atoms with Crippen LogP contribution in [0.2, 0.25) is 0 Å². The van der Waals surface area contributed by atoms with Crippen LogP contribution in [0.1, 0.15) is 35.4 Å². The van der Waals surface area contributed by atoms with E-state index in [9.17, 15) is 9.59 Å². The van der Waals surface area contributed by atoms with Crippen LogP contribution in [0.5, 0.6) is 0 Å². The van der Waals surface area contributed by atoms with Gasteiger partial charge in [-0.25, -0.2) is 0 Å². The van der Waals surface area contributed by atoms with Gasteiger partial charge in [-0.2, -0.15) is 0 Å². The molecule has 0 radical (unpaired) electrons. The molecule has 19 heavy (non-hydrogen) atoms. The van der Waals surface area contributed by atoms with Gasteiger partial charge in [-0.3, -0.25) is 9.59 Å². The molecule has 106 valence electrons. The van der Waals surface area contributed by atoms with E-state index in [2.05, 4.69) is 10.6 Å². The molecule has 1 rings (SSSR count). The maximum atomic E-state index is 11.6. The second-order valence-electron chi connectivity index (χ2n) is 4.15. The molecule has 0 aliphatic heterocycles. The number of nitrogens with one attached hydrogen (secondary N) is 2. The number of hydrogen-bond donors (Lipinski definition) is 3. The Labute approximate surface area is 117 Å². The fraction of sp³-hybridized carbons (Fsp3) is 0.538. The van der Waals surface area contributed by atoms with Gasteiger partial charge in [0.1, 0.15) is 0 Å². The van der Waals surface area contributed by atoms with E-state index < -0.39 is 0 Å². The maximum Gasteiger partial charge on any atom is 0.261 e. The number of hydrogen-bond acceptors (Lipinski definition) is 4. The first-order valence-electron chi connectivity index (χ1n) is 6.43. The number of amides is 2. The molecule has 2 amide bonds. The van der Waals surface area contributed by atoms with Crippen molar-refractivity contribution in [3.05, 3.63) is 22.4 Å². The third kappa shape index (κ3) is 6.93. The molecule has 0 aromatic carbocycles. The summed E-state index contributed by atoms with van der Waals surface area (Å²) in [6.45, 7) is 0.841. The summed E-state index contributed by atoms with van der Waals surface area (Å²) >= 11 is 1.35. The van der Waals surface area contributed by atoms with Crippen molar-refractivity contribution in [1.29, 1.82) is 0 Å². The molecule has 1 aromatic rings. The molecular weight excluding hydrogens is 264 g/mol. The summed E-state index contributed by atoms with van der Waals surface area (Å²) in [4.78, 5) is 23.6. The van der Waals surface area contributed by atoms with Crippen LogP contribution < -0.4 is 10.6 Å². The highest BCUT2D eigenvalue weighted by atomic mass is 32.1. The van der Waals surface area contributed by atoms with Crippen LogP contribution in [0.15, 0.2) is 17.5 Å². The molecule has 3 N–H and O–H groups in total. The summed E-state index contributed by atoms with van der Waals surface area (Å²) in [6.07, 6.45) is 3.67. The topological polar surface area (TPSA) is 78.4 Å². The third-order valence-electron chi connectivity index (χ3n) is 2.56. The fourth-order valence-electron chi connectivity index (χ4n) is 1.54. The Morgan fingerprint density at radius 3 is 2.63 bits per heavy atom. The van der Waals surface area contributed by atoms with Crippen LogP contribution in [-0.4, -0.2) is 36.6 Å². The maximum absolute atomic E-state index is 11.6. The van der Waals surface area contributed by atoms with Crippen LogP contribution in [0.3, 0.4) is 0 Å². The molecular formula is C13H20N2O3S. The average Bonchev–Trinajstić information content (AvgIpc) is 2.94. The number of carbonyl (C=O) groups is 2. The summed E-state index contributed by atoms with van der Waals surface area (Å²) in [5, 5.41) is 15.7. The van der Waals surface area contributed by atoms with E-state index in [1.807, 2.05) is 5.38 Å². The molecule has 0 unspecified atom stereocenters. The smallest absolute Gasteiger partial charge is 0.261 e. The van der Waals surface area contributed by atoms with Crippen LogP contribution in [0.4, 0.5) is 0 Å². The van der Waals surface area contributed by atoms with Crippen LogP contribution in [0, 0.1) is 0 Å².